The predicted octanol–water partition coefficient (Wildman–Crippen LogP) is 5.83. The fourth-order valence-corrected chi connectivity index (χ4v) is 3.01. The van der Waals surface area contributed by atoms with Crippen molar-refractivity contribution in [3.63, 3.8) is 0 Å². The molecule has 3 aromatic rings. The van der Waals surface area contributed by atoms with Crippen LogP contribution in [0.15, 0.2) is 51.7 Å². The van der Waals surface area contributed by atoms with Gasteiger partial charge in [-0.05, 0) is 31.4 Å². The van der Waals surface area contributed by atoms with Gasteiger partial charge in [-0.2, -0.15) is 0 Å². The molecule has 1 heterocycles. The van der Waals surface area contributed by atoms with Gasteiger partial charge in [0.2, 0.25) is 11.2 Å². The Kier molecular flexibility index (Phi) is 7.17. The van der Waals surface area contributed by atoms with Crippen LogP contribution in [0.2, 0.25) is 0 Å². The Morgan fingerprint density at radius 2 is 1.38 bits per heavy atom. The number of hydrogen-bond acceptors (Lipinski definition) is 5. The van der Waals surface area contributed by atoms with Gasteiger partial charge in [0.05, 0.1) is 19.8 Å². The van der Waals surface area contributed by atoms with E-state index in [1.165, 1.54) is 0 Å². The molecule has 0 amide bonds. The standard InChI is InChI=1S/C24H28O5/c1-4-14-26-19-13-12-18-20(23(19)27-15-5-2)21(25)24(28-16-6-3)22(29-18)17-10-8-7-9-11-17/h7-13H,4-6,14-16H2,1-3H3. The van der Waals surface area contributed by atoms with Crippen LogP contribution in [0.25, 0.3) is 22.3 Å². The molecule has 29 heavy (non-hydrogen) atoms. The Bertz CT molecular complexity index is 992. The molecular formula is C24H28O5. The van der Waals surface area contributed by atoms with Crippen molar-refractivity contribution in [1.29, 1.82) is 0 Å². The molecule has 0 N–H and O–H groups in total. The van der Waals surface area contributed by atoms with E-state index in [-0.39, 0.29) is 11.2 Å². The molecule has 5 nitrogen and oxygen atoms in total. The molecule has 0 radical (unpaired) electrons. The molecule has 0 aliphatic rings. The van der Waals surface area contributed by atoms with E-state index >= 15 is 0 Å². The van der Waals surface area contributed by atoms with Crippen LogP contribution in [0.3, 0.4) is 0 Å². The maximum atomic E-state index is 13.5. The van der Waals surface area contributed by atoms with Crippen molar-refractivity contribution in [2.75, 3.05) is 19.8 Å². The maximum Gasteiger partial charge on any atom is 0.239 e. The van der Waals surface area contributed by atoms with Crippen LogP contribution in [-0.4, -0.2) is 19.8 Å². The first kappa shape index (κ1) is 20.8. The lowest BCUT2D eigenvalue weighted by atomic mass is 10.1. The minimum atomic E-state index is -0.244. The van der Waals surface area contributed by atoms with Crippen LogP contribution in [-0.2, 0) is 0 Å². The van der Waals surface area contributed by atoms with Crippen LogP contribution < -0.4 is 19.6 Å². The van der Waals surface area contributed by atoms with Gasteiger partial charge in [-0.25, -0.2) is 0 Å². The van der Waals surface area contributed by atoms with Gasteiger partial charge in [-0.3, -0.25) is 4.79 Å². The largest absolute Gasteiger partial charge is 0.490 e. The fourth-order valence-electron chi connectivity index (χ4n) is 3.01. The van der Waals surface area contributed by atoms with Crippen molar-refractivity contribution in [3.8, 4) is 28.6 Å². The van der Waals surface area contributed by atoms with E-state index in [2.05, 4.69) is 0 Å². The lowest BCUT2D eigenvalue weighted by Crippen LogP contribution is -2.13. The Morgan fingerprint density at radius 1 is 0.759 bits per heavy atom. The highest BCUT2D eigenvalue weighted by Crippen LogP contribution is 2.38. The number of rotatable bonds is 10. The molecule has 0 saturated heterocycles. The second kappa shape index (κ2) is 10.0. The molecule has 154 valence electrons. The van der Waals surface area contributed by atoms with Gasteiger partial charge >= 0.3 is 0 Å². The van der Waals surface area contributed by atoms with Gasteiger partial charge in [-0.15, -0.1) is 0 Å². The van der Waals surface area contributed by atoms with Crippen molar-refractivity contribution in [2.24, 2.45) is 0 Å². The summed E-state index contributed by atoms with van der Waals surface area (Å²) in [5.41, 5.74) is 0.999. The third-order valence-corrected chi connectivity index (χ3v) is 4.33. The Hall–Kier alpha value is -2.95. The van der Waals surface area contributed by atoms with E-state index in [9.17, 15) is 4.79 Å². The lowest BCUT2D eigenvalue weighted by Gasteiger charge is -2.16. The Balaban J connectivity index is 2.26. The summed E-state index contributed by atoms with van der Waals surface area (Å²) in [6.45, 7) is 7.49. The summed E-state index contributed by atoms with van der Waals surface area (Å²) in [7, 11) is 0. The smallest absolute Gasteiger partial charge is 0.239 e. The molecule has 0 fully saturated rings. The highest BCUT2D eigenvalue weighted by molar-refractivity contribution is 5.89. The Morgan fingerprint density at radius 3 is 2.03 bits per heavy atom. The molecule has 0 atom stereocenters. The molecule has 2 aromatic carbocycles. The summed E-state index contributed by atoms with van der Waals surface area (Å²) in [6, 6.07) is 13.1. The summed E-state index contributed by atoms with van der Waals surface area (Å²) in [5.74, 6) is 1.61. The van der Waals surface area contributed by atoms with Crippen molar-refractivity contribution in [1.82, 2.24) is 0 Å². The summed E-state index contributed by atoms with van der Waals surface area (Å²) < 4.78 is 23.8. The SMILES string of the molecule is CCCOc1ccc2oc(-c3ccccc3)c(OCCC)c(=O)c2c1OCCC. The van der Waals surface area contributed by atoms with E-state index in [4.69, 9.17) is 18.6 Å². The van der Waals surface area contributed by atoms with Crippen LogP contribution in [0.1, 0.15) is 40.0 Å². The molecule has 5 heteroatoms. The minimum Gasteiger partial charge on any atom is -0.490 e. The summed E-state index contributed by atoms with van der Waals surface area (Å²) in [6.07, 6.45) is 2.46. The quantitative estimate of drug-likeness (QED) is 0.432. The topological polar surface area (TPSA) is 57.9 Å². The first-order valence-electron chi connectivity index (χ1n) is 10.3. The van der Waals surface area contributed by atoms with Crippen LogP contribution in [0.4, 0.5) is 0 Å². The van der Waals surface area contributed by atoms with Gasteiger partial charge in [0, 0.05) is 5.56 Å². The minimum absolute atomic E-state index is 0.208. The number of benzene rings is 2. The van der Waals surface area contributed by atoms with Gasteiger partial charge < -0.3 is 18.6 Å². The monoisotopic (exact) mass is 396 g/mol. The lowest BCUT2D eigenvalue weighted by molar-refractivity contribution is 0.270. The molecule has 1 aromatic heterocycles. The second-order valence-electron chi connectivity index (χ2n) is 6.77. The number of fused-ring (bicyclic) bond motifs is 1. The zero-order valence-corrected chi connectivity index (χ0v) is 17.3. The van der Waals surface area contributed by atoms with Crippen LogP contribution >= 0.6 is 0 Å². The van der Waals surface area contributed by atoms with Crippen molar-refractivity contribution in [2.45, 2.75) is 40.0 Å². The molecule has 0 aliphatic carbocycles. The van der Waals surface area contributed by atoms with E-state index in [1.54, 1.807) is 12.1 Å². The van der Waals surface area contributed by atoms with Gasteiger partial charge in [0.1, 0.15) is 11.0 Å². The maximum absolute atomic E-state index is 13.5. The molecular weight excluding hydrogens is 368 g/mol. The zero-order valence-electron chi connectivity index (χ0n) is 17.3. The molecule has 3 rings (SSSR count). The normalized spacial score (nSPS) is 10.9. The van der Waals surface area contributed by atoms with Gasteiger partial charge in [-0.1, -0.05) is 51.1 Å². The van der Waals surface area contributed by atoms with Crippen molar-refractivity contribution < 1.29 is 18.6 Å². The second-order valence-corrected chi connectivity index (χ2v) is 6.77. The fraction of sp³-hybridized carbons (Fsp3) is 0.375. The highest BCUT2D eigenvalue weighted by atomic mass is 16.5. The average molecular weight is 396 g/mol. The zero-order chi connectivity index (χ0) is 20.6. The Labute approximate surface area is 171 Å². The van der Waals surface area contributed by atoms with E-state index in [0.717, 1.165) is 24.8 Å². The van der Waals surface area contributed by atoms with Crippen LogP contribution in [0, 0.1) is 0 Å². The summed E-state index contributed by atoms with van der Waals surface area (Å²) in [5, 5.41) is 0.359. The first-order chi connectivity index (χ1) is 14.2. The van der Waals surface area contributed by atoms with E-state index in [0.29, 0.717) is 48.0 Å². The van der Waals surface area contributed by atoms with Gasteiger partial charge in [0.15, 0.2) is 17.3 Å². The molecule has 0 aliphatic heterocycles. The number of ether oxygens (including phenoxy) is 3. The van der Waals surface area contributed by atoms with Gasteiger partial charge in [0.25, 0.3) is 0 Å². The average Bonchev–Trinajstić information content (AvgIpc) is 2.76. The van der Waals surface area contributed by atoms with E-state index < -0.39 is 0 Å². The molecule has 0 unspecified atom stereocenters. The van der Waals surface area contributed by atoms with Crippen molar-refractivity contribution in [3.05, 3.63) is 52.7 Å². The third-order valence-electron chi connectivity index (χ3n) is 4.33. The number of hydrogen-bond donors (Lipinski definition) is 0. The molecule has 0 spiro atoms. The molecule has 0 bridgehead atoms. The third kappa shape index (κ3) is 4.56. The summed E-state index contributed by atoms with van der Waals surface area (Å²) >= 11 is 0. The highest BCUT2D eigenvalue weighted by Gasteiger charge is 2.22. The summed E-state index contributed by atoms with van der Waals surface area (Å²) in [4.78, 5) is 13.5. The predicted molar refractivity (Wildman–Crippen MR) is 115 cm³/mol. The van der Waals surface area contributed by atoms with Crippen molar-refractivity contribution >= 4 is 11.0 Å². The van der Waals surface area contributed by atoms with Crippen LogP contribution in [0.5, 0.6) is 17.2 Å². The molecule has 0 saturated carbocycles. The van der Waals surface area contributed by atoms with E-state index in [1.807, 2.05) is 51.1 Å². The first-order valence-corrected chi connectivity index (χ1v) is 10.3.